The zero-order chi connectivity index (χ0) is 21.3. The predicted molar refractivity (Wildman–Crippen MR) is 112 cm³/mol. The zero-order valence-corrected chi connectivity index (χ0v) is 17.2. The smallest absolute Gasteiger partial charge is 0.316 e. The van der Waals surface area contributed by atoms with Crippen molar-refractivity contribution in [3.05, 3.63) is 48.5 Å². The van der Waals surface area contributed by atoms with Crippen LogP contribution in [0.3, 0.4) is 0 Å². The fourth-order valence-corrected chi connectivity index (χ4v) is 3.82. The van der Waals surface area contributed by atoms with E-state index in [1.165, 1.54) is 4.90 Å². The molecule has 0 spiro atoms. The van der Waals surface area contributed by atoms with Crippen molar-refractivity contribution in [3.8, 4) is 0 Å². The van der Waals surface area contributed by atoms with Gasteiger partial charge in [-0.25, -0.2) is 4.98 Å². The molecule has 2 amide bonds. The molecule has 3 aromatic rings. The molecule has 0 saturated carbocycles. The Morgan fingerprint density at radius 3 is 2.70 bits per heavy atom. The quantitative estimate of drug-likeness (QED) is 0.495. The number of fused-ring (bicyclic) bond motifs is 2. The van der Waals surface area contributed by atoms with Crippen molar-refractivity contribution in [2.75, 3.05) is 22.6 Å². The van der Waals surface area contributed by atoms with E-state index in [4.69, 9.17) is 9.15 Å². The number of rotatable bonds is 5. The predicted octanol–water partition coefficient (Wildman–Crippen LogP) is 3.23. The standard InChI is InChI=1S/C21H19N3O5S/c1-21(2)19(27)22-13-7-3-5-9-15(13)24(21)17(25)11-28-18(26)12-30-20-23-14-8-4-6-10-16(14)29-20/h3-10H,11-12H2,1-2H3,(H,22,27). The third-order valence-corrected chi connectivity index (χ3v) is 5.50. The monoisotopic (exact) mass is 425 g/mol. The summed E-state index contributed by atoms with van der Waals surface area (Å²) in [6.07, 6.45) is 0. The van der Waals surface area contributed by atoms with Crippen LogP contribution in [0.15, 0.2) is 58.2 Å². The van der Waals surface area contributed by atoms with Gasteiger partial charge in [-0.3, -0.25) is 19.3 Å². The Bertz CT molecular complexity index is 1110. The van der Waals surface area contributed by atoms with E-state index in [1.807, 2.05) is 18.2 Å². The molecule has 0 bridgehead atoms. The summed E-state index contributed by atoms with van der Waals surface area (Å²) in [7, 11) is 0. The number of thioether (sulfide) groups is 1. The van der Waals surface area contributed by atoms with E-state index in [-0.39, 0.29) is 11.7 Å². The van der Waals surface area contributed by atoms with Gasteiger partial charge in [0.1, 0.15) is 16.8 Å². The van der Waals surface area contributed by atoms with Gasteiger partial charge in [0, 0.05) is 0 Å². The number of benzene rings is 2. The van der Waals surface area contributed by atoms with Gasteiger partial charge in [0.05, 0.1) is 11.4 Å². The molecule has 0 fully saturated rings. The van der Waals surface area contributed by atoms with Crippen LogP contribution in [0.5, 0.6) is 0 Å². The van der Waals surface area contributed by atoms with Gasteiger partial charge in [0.15, 0.2) is 12.2 Å². The van der Waals surface area contributed by atoms with Crippen LogP contribution in [0.25, 0.3) is 11.1 Å². The SMILES string of the molecule is CC1(C)C(=O)Nc2ccccc2N1C(=O)COC(=O)CSc1nc2ccccc2o1. The Balaban J connectivity index is 1.38. The molecule has 0 radical (unpaired) electrons. The molecule has 1 N–H and O–H groups in total. The number of nitrogens with one attached hydrogen (secondary N) is 1. The molecule has 8 nitrogen and oxygen atoms in total. The summed E-state index contributed by atoms with van der Waals surface area (Å²) >= 11 is 1.09. The van der Waals surface area contributed by atoms with E-state index in [0.29, 0.717) is 27.7 Å². The van der Waals surface area contributed by atoms with E-state index in [1.54, 1.807) is 44.2 Å². The summed E-state index contributed by atoms with van der Waals surface area (Å²) in [4.78, 5) is 43.0. The number of amides is 2. The largest absolute Gasteiger partial charge is 0.455 e. The highest BCUT2D eigenvalue weighted by Crippen LogP contribution is 2.36. The molecule has 1 aliphatic heterocycles. The average molecular weight is 425 g/mol. The first-order valence-electron chi connectivity index (χ1n) is 9.24. The molecule has 1 aromatic heterocycles. The molecule has 1 aliphatic rings. The Labute approximate surface area is 176 Å². The highest BCUT2D eigenvalue weighted by molar-refractivity contribution is 7.99. The first-order chi connectivity index (χ1) is 14.4. The number of hydrogen-bond donors (Lipinski definition) is 1. The molecule has 4 rings (SSSR count). The van der Waals surface area contributed by atoms with E-state index in [2.05, 4.69) is 10.3 Å². The van der Waals surface area contributed by atoms with Crippen LogP contribution in [0.2, 0.25) is 0 Å². The Morgan fingerprint density at radius 1 is 1.17 bits per heavy atom. The van der Waals surface area contributed by atoms with Gasteiger partial charge in [-0.05, 0) is 38.1 Å². The molecule has 2 aromatic carbocycles. The van der Waals surface area contributed by atoms with Gasteiger partial charge in [0.2, 0.25) is 5.91 Å². The minimum atomic E-state index is -1.12. The fraction of sp³-hybridized carbons (Fsp3) is 0.238. The summed E-state index contributed by atoms with van der Waals surface area (Å²) in [5, 5.41) is 3.14. The Hall–Kier alpha value is -3.33. The molecule has 2 heterocycles. The van der Waals surface area contributed by atoms with Crippen molar-refractivity contribution in [1.29, 1.82) is 0 Å². The number of anilines is 2. The first-order valence-corrected chi connectivity index (χ1v) is 10.2. The average Bonchev–Trinajstić information content (AvgIpc) is 3.14. The molecule has 30 heavy (non-hydrogen) atoms. The van der Waals surface area contributed by atoms with Crippen molar-refractivity contribution < 1.29 is 23.5 Å². The summed E-state index contributed by atoms with van der Waals surface area (Å²) in [6.45, 7) is 2.81. The molecule has 0 saturated heterocycles. The van der Waals surface area contributed by atoms with Crippen molar-refractivity contribution >= 4 is 52.0 Å². The van der Waals surface area contributed by atoms with Crippen LogP contribution in [0.4, 0.5) is 11.4 Å². The Kier molecular flexibility index (Phi) is 5.21. The van der Waals surface area contributed by atoms with Gasteiger partial charge in [-0.1, -0.05) is 36.0 Å². The summed E-state index contributed by atoms with van der Waals surface area (Å²) < 4.78 is 10.7. The van der Waals surface area contributed by atoms with E-state index in [0.717, 1.165) is 11.8 Å². The van der Waals surface area contributed by atoms with Crippen LogP contribution < -0.4 is 10.2 Å². The van der Waals surface area contributed by atoms with E-state index >= 15 is 0 Å². The van der Waals surface area contributed by atoms with Gasteiger partial charge in [0.25, 0.3) is 11.1 Å². The van der Waals surface area contributed by atoms with Crippen LogP contribution in [-0.4, -0.2) is 40.7 Å². The zero-order valence-electron chi connectivity index (χ0n) is 16.4. The summed E-state index contributed by atoms with van der Waals surface area (Å²) in [5.41, 5.74) is 1.31. The van der Waals surface area contributed by atoms with Gasteiger partial charge >= 0.3 is 5.97 Å². The van der Waals surface area contributed by atoms with Crippen molar-refractivity contribution in [2.45, 2.75) is 24.6 Å². The van der Waals surface area contributed by atoms with Gasteiger partial charge in [-0.15, -0.1) is 0 Å². The number of esters is 1. The number of carbonyl (C=O) groups is 3. The number of hydrogen-bond acceptors (Lipinski definition) is 7. The summed E-state index contributed by atoms with van der Waals surface area (Å²) in [6, 6.07) is 14.3. The van der Waals surface area contributed by atoms with Crippen LogP contribution in [0, 0.1) is 0 Å². The first kappa shape index (κ1) is 20.0. The highest BCUT2D eigenvalue weighted by Gasteiger charge is 2.43. The lowest BCUT2D eigenvalue weighted by Gasteiger charge is -2.41. The maximum absolute atomic E-state index is 12.8. The van der Waals surface area contributed by atoms with E-state index in [9.17, 15) is 14.4 Å². The number of para-hydroxylation sites is 4. The van der Waals surface area contributed by atoms with Crippen molar-refractivity contribution in [2.24, 2.45) is 0 Å². The molecule has 0 atom stereocenters. The maximum Gasteiger partial charge on any atom is 0.316 e. The summed E-state index contributed by atoms with van der Waals surface area (Å²) in [5.74, 6) is -1.43. The number of oxazole rings is 1. The van der Waals surface area contributed by atoms with Crippen molar-refractivity contribution in [1.82, 2.24) is 4.98 Å². The third-order valence-electron chi connectivity index (χ3n) is 4.70. The molecule has 9 heteroatoms. The lowest BCUT2D eigenvalue weighted by atomic mass is 9.96. The maximum atomic E-state index is 12.8. The minimum absolute atomic E-state index is 0.0550. The second-order valence-corrected chi connectivity index (χ2v) is 8.08. The van der Waals surface area contributed by atoms with Gasteiger partial charge in [-0.2, -0.15) is 0 Å². The van der Waals surface area contributed by atoms with E-state index < -0.39 is 24.0 Å². The third kappa shape index (κ3) is 3.76. The van der Waals surface area contributed by atoms with Crippen LogP contribution in [0.1, 0.15) is 13.8 Å². The van der Waals surface area contributed by atoms with Crippen LogP contribution in [-0.2, 0) is 19.1 Å². The normalized spacial score (nSPS) is 14.9. The minimum Gasteiger partial charge on any atom is -0.455 e. The Morgan fingerprint density at radius 2 is 1.90 bits per heavy atom. The van der Waals surface area contributed by atoms with Gasteiger partial charge < -0.3 is 14.5 Å². The molecular formula is C21H19N3O5S. The fourth-order valence-electron chi connectivity index (χ4n) is 3.18. The number of ether oxygens (including phenoxy) is 1. The second-order valence-electron chi connectivity index (χ2n) is 7.16. The topological polar surface area (TPSA) is 102 Å². The molecule has 0 unspecified atom stereocenters. The number of carbonyl (C=O) groups excluding carboxylic acids is 3. The molecule has 154 valence electrons. The number of nitrogens with zero attached hydrogens (tertiary/aromatic N) is 2. The van der Waals surface area contributed by atoms with Crippen LogP contribution >= 0.6 is 11.8 Å². The van der Waals surface area contributed by atoms with Crippen molar-refractivity contribution in [3.63, 3.8) is 0 Å². The molecular weight excluding hydrogens is 406 g/mol. The lowest BCUT2D eigenvalue weighted by molar-refractivity contribution is -0.145. The second kappa shape index (κ2) is 7.83. The highest BCUT2D eigenvalue weighted by atomic mass is 32.2. The molecule has 0 aliphatic carbocycles. The lowest BCUT2D eigenvalue weighted by Crippen LogP contribution is -2.59. The number of aromatic nitrogens is 1.